The SMILES string of the molecule is CC(C)(C)c1ccc(-n2c3ccccc3c3cc(-c4ccc(-n5c6ccccc6c6ccc(-c7ccc8c9ccccc9c9ccccc9c8c7)cc65)cc4)ccc32)cc1. The van der Waals surface area contributed by atoms with Gasteiger partial charge < -0.3 is 9.13 Å². The average Bonchev–Trinajstić information content (AvgIpc) is 3.81. The van der Waals surface area contributed by atoms with Crippen molar-refractivity contribution < 1.29 is 0 Å². The van der Waals surface area contributed by atoms with E-state index in [2.05, 4.69) is 230 Å². The number of para-hydroxylation sites is 2. The van der Waals surface area contributed by atoms with Crippen molar-refractivity contribution in [2.45, 2.75) is 26.2 Å². The van der Waals surface area contributed by atoms with Gasteiger partial charge in [0.15, 0.2) is 0 Å². The first kappa shape index (κ1) is 34.6. The summed E-state index contributed by atoms with van der Waals surface area (Å²) in [6, 6.07) is 74.3. The molecule has 0 radical (unpaired) electrons. The molecular formula is C58H42N2. The first-order valence-corrected chi connectivity index (χ1v) is 21.0. The van der Waals surface area contributed by atoms with Crippen molar-refractivity contribution in [3.05, 3.63) is 206 Å². The van der Waals surface area contributed by atoms with Crippen molar-refractivity contribution >= 4 is 75.9 Å². The lowest BCUT2D eigenvalue weighted by Crippen LogP contribution is -2.10. The summed E-state index contributed by atoms with van der Waals surface area (Å²) in [6.45, 7) is 6.81. The largest absolute Gasteiger partial charge is 0.309 e. The van der Waals surface area contributed by atoms with Gasteiger partial charge in [0.2, 0.25) is 0 Å². The maximum Gasteiger partial charge on any atom is 0.0547 e. The van der Waals surface area contributed by atoms with Crippen molar-refractivity contribution in [1.82, 2.24) is 9.13 Å². The van der Waals surface area contributed by atoms with Crippen molar-refractivity contribution in [2.24, 2.45) is 0 Å². The zero-order valence-corrected chi connectivity index (χ0v) is 33.9. The molecule has 0 bridgehead atoms. The molecule has 284 valence electrons. The number of hydrogen-bond acceptors (Lipinski definition) is 0. The molecular weight excluding hydrogens is 725 g/mol. The highest BCUT2D eigenvalue weighted by atomic mass is 15.0. The van der Waals surface area contributed by atoms with Gasteiger partial charge in [0.05, 0.1) is 22.1 Å². The molecule has 2 heteroatoms. The van der Waals surface area contributed by atoms with Gasteiger partial charge in [-0.25, -0.2) is 0 Å². The van der Waals surface area contributed by atoms with Crippen LogP contribution in [0.4, 0.5) is 0 Å². The lowest BCUT2D eigenvalue weighted by atomic mass is 9.87. The zero-order chi connectivity index (χ0) is 40.1. The standard InChI is InChI=1S/C58H42N2/c1-58(2,3)41-25-29-43(30-26-41)59-55-19-11-9-17-50(55)53-35-38(24-33-56(53)59)37-20-27-42(28-21-37)60-54-18-10-8-16-49(54)51-32-23-40(36-57(51)60)39-22-31-48-46-14-5-4-12-44(46)45-13-6-7-15-47(45)52(48)34-39/h4-36H,1-3H3. The molecule has 0 fully saturated rings. The molecule has 2 nitrogen and oxygen atoms in total. The fourth-order valence-corrected chi connectivity index (χ4v) is 9.86. The third-order valence-electron chi connectivity index (χ3n) is 12.9. The van der Waals surface area contributed by atoms with Gasteiger partial charge in [0, 0.05) is 32.9 Å². The first-order valence-electron chi connectivity index (χ1n) is 21.0. The molecule has 0 spiro atoms. The number of hydrogen-bond donors (Lipinski definition) is 0. The van der Waals surface area contributed by atoms with E-state index in [-0.39, 0.29) is 5.41 Å². The van der Waals surface area contributed by atoms with Gasteiger partial charge in [-0.15, -0.1) is 0 Å². The van der Waals surface area contributed by atoms with Gasteiger partial charge in [-0.2, -0.15) is 0 Å². The minimum Gasteiger partial charge on any atom is -0.309 e. The summed E-state index contributed by atoms with van der Waals surface area (Å²) in [7, 11) is 0. The Bertz CT molecular complexity index is 3630. The summed E-state index contributed by atoms with van der Waals surface area (Å²) < 4.78 is 4.84. The highest BCUT2D eigenvalue weighted by Gasteiger charge is 2.18. The maximum absolute atomic E-state index is 2.43. The number of rotatable bonds is 4. The van der Waals surface area contributed by atoms with Crippen molar-refractivity contribution in [1.29, 1.82) is 0 Å². The predicted molar refractivity (Wildman–Crippen MR) is 257 cm³/mol. The minimum atomic E-state index is 0.110. The summed E-state index contributed by atoms with van der Waals surface area (Å²) >= 11 is 0. The molecule has 0 unspecified atom stereocenters. The van der Waals surface area contributed by atoms with E-state index in [4.69, 9.17) is 0 Å². The van der Waals surface area contributed by atoms with Crippen LogP contribution in [-0.2, 0) is 5.41 Å². The van der Waals surface area contributed by atoms with Gasteiger partial charge in [0.25, 0.3) is 0 Å². The van der Waals surface area contributed by atoms with Crippen LogP contribution in [0, 0.1) is 0 Å². The van der Waals surface area contributed by atoms with Crippen LogP contribution in [0.2, 0.25) is 0 Å². The predicted octanol–water partition coefficient (Wildman–Crippen LogP) is 16.0. The summed E-state index contributed by atoms with van der Waals surface area (Å²) in [6.07, 6.45) is 0. The Morgan fingerprint density at radius 3 is 1.23 bits per heavy atom. The Balaban J connectivity index is 0.961. The van der Waals surface area contributed by atoms with Gasteiger partial charge in [0.1, 0.15) is 0 Å². The molecule has 10 aromatic carbocycles. The van der Waals surface area contributed by atoms with Crippen LogP contribution < -0.4 is 0 Å². The van der Waals surface area contributed by atoms with Crippen molar-refractivity contribution in [3.63, 3.8) is 0 Å². The van der Waals surface area contributed by atoms with Crippen LogP contribution in [-0.4, -0.2) is 9.13 Å². The third-order valence-corrected chi connectivity index (χ3v) is 12.9. The molecule has 12 aromatic rings. The summed E-state index contributed by atoms with van der Waals surface area (Å²) in [5.74, 6) is 0. The number of fused-ring (bicyclic) bond motifs is 12. The van der Waals surface area contributed by atoms with E-state index in [1.54, 1.807) is 0 Å². The van der Waals surface area contributed by atoms with Gasteiger partial charge >= 0.3 is 0 Å². The van der Waals surface area contributed by atoms with Crippen LogP contribution in [0.25, 0.3) is 110 Å². The Morgan fingerprint density at radius 2 is 0.633 bits per heavy atom. The third kappa shape index (κ3) is 5.27. The maximum atomic E-state index is 2.43. The lowest BCUT2D eigenvalue weighted by molar-refractivity contribution is 0.590. The Morgan fingerprint density at radius 1 is 0.267 bits per heavy atom. The van der Waals surface area contributed by atoms with E-state index >= 15 is 0 Å². The number of nitrogens with zero attached hydrogens (tertiary/aromatic N) is 2. The molecule has 0 aliphatic rings. The first-order chi connectivity index (χ1) is 29.4. The second-order valence-electron chi connectivity index (χ2n) is 17.4. The highest BCUT2D eigenvalue weighted by molar-refractivity contribution is 6.26. The highest BCUT2D eigenvalue weighted by Crippen LogP contribution is 2.40. The zero-order valence-electron chi connectivity index (χ0n) is 33.9. The molecule has 0 saturated heterocycles. The van der Waals surface area contributed by atoms with Crippen LogP contribution in [0.15, 0.2) is 200 Å². The molecule has 2 heterocycles. The number of benzene rings is 10. The van der Waals surface area contributed by atoms with Crippen molar-refractivity contribution in [2.75, 3.05) is 0 Å². The average molecular weight is 767 g/mol. The minimum absolute atomic E-state index is 0.110. The lowest BCUT2D eigenvalue weighted by Gasteiger charge is -2.19. The second-order valence-corrected chi connectivity index (χ2v) is 17.4. The van der Waals surface area contributed by atoms with Gasteiger partial charge in [-0.1, -0.05) is 160 Å². The summed E-state index contributed by atoms with van der Waals surface area (Å²) in [5, 5.41) is 12.8. The van der Waals surface area contributed by atoms with E-state index < -0.39 is 0 Å². The molecule has 2 aromatic heterocycles. The van der Waals surface area contributed by atoms with Crippen LogP contribution in [0.5, 0.6) is 0 Å². The molecule has 0 aliphatic carbocycles. The Labute approximate surface area is 349 Å². The quantitative estimate of drug-likeness (QED) is 0.158. The van der Waals surface area contributed by atoms with Crippen LogP contribution in [0.1, 0.15) is 26.3 Å². The molecule has 0 saturated carbocycles. The van der Waals surface area contributed by atoms with Crippen LogP contribution >= 0.6 is 0 Å². The second kappa shape index (κ2) is 13.0. The van der Waals surface area contributed by atoms with E-state index in [1.165, 1.54) is 109 Å². The fourth-order valence-electron chi connectivity index (χ4n) is 9.86. The molecule has 12 rings (SSSR count). The van der Waals surface area contributed by atoms with E-state index in [0.29, 0.717) is 0 Å². The van der Waals surface area contributed by atoms with Crippen LogP contribution in [0.3, 0.4) is 0 Å². The van der Waals surface area contributed by atoms with Gasteiger partial charge in [-0.3, -0.25) is 0 Å². The molecule has 0 aliphatic heterocycles. The van der Waals surface area contributed by atoms with Gasteiger partial charge in [-0.05, 0) is 126 Å². The van der Waals surface area contributed by atoms with E-state index in [9.17, 15) is 0 Å². The molecule has 0 N–H and O–H groups in total. The molecule has 0 atom stereocenters. The summed E-state index contributed by atoms with van der Waals surface area (Å²) in [5.41, 5.74) is 13.5. The topological polar surface area (TPSA) is 9.86 Å². The van der Waals surface area contributed by atoms with Crippen molar-refractivity contribution in [3.8, 4) is 33.6 Å². The smallest absolute Gasteiger partial charge is 0.0547 e. The normalized spacial score (nSPS) is 12.2. The summed E-state index contributed by atoms with van der Waals surface area (Å²) in [4.78, 5) is 0. The monoisotopic (exact) mass is 766 g/mol. The fraction of sp³-hybridized carbons (Fsp3) is 0.0690. The Kier molecular flexibility index (Phi) is 7.52. The number of aromatic nitrogens is 2. The molecule has 60 heavy (non-hydrogen) atoms. The van der Waals surface area contributed by atoms with E-state index in [1.807, 2.05) is 0 Å². The Hall–Kier alpha value is -7.42. The molecule has 0 amide bonds. The van der Waals surface area contributed by atoms with E-state index in [0.717, 1.165) is 5.69 Å².